The van der Waals surface area contributed by atoms with Gasteiger partial charge >= 0.3 is 5.97 Å². The lowest BCUT2D eigenvalue weighted by Gasteiger charge is -2.16. The lowest BCUT2D eigenvalue weighted by molar-refractivity contribution is -0.158. The number of nitrogens with one attached hydrogen (secondary N) is 1. The van der Waals surface area contributed by atoms with E-state index in [1.54, 1.807) is 25.1 Å². The van der Waals surface area contributed by atoms with Crippen LogP contribution in [0.25, 0.3) is 0 Å². The van der Waals surface area contributed by atoms with Crippen LogP contribution in [0.3, 0.4) is 0 Å². The van der Waals surface area contributed by atoms with Crippen molar-refractivity contribution in [3.63, 3.8) is 0 Å². The van der Waals surface area contributed by atoms with Gasteiger partial charge in [0.25, 0.3) is 5.91 Å². The summed E-state index contributed by atoms with van der Waals surface area (Å²) in [7, 11) is 0. The molecule has 0 bridgehead atoms. The maximum Gasteiger partial charge on any atom is 0.309 e. The summed E-state index contributed by atoms with van der Waals surface area (Å²) >= 11 is 3.30. The van der Waals surface area contributed by atoms with Gasteiger partial charge in [-0.05, 0) is 19.1 Å². The van der Waals surface area contributed by atoms with E-state index in [-0.39, 0.29) is 12.2 Å². The molecule has 0 heterocycles. The molecule has 1 rings (SSSR count). The van der Waals surface area contributed by atoms with Gasteiger partial charge in [-0.2, -0.15) is 0 Å². The Morgan fingerprint density at radius 1 is 1.35 bits per heavy atom. The van der Waals surface area contributed by atoms with Crippen LogP contribution in [0.4, 0.5) is 0 Å². The fourth-order valence-electron chi connectivity index (χ4n) is 1.80. The average molecular weight is 382 g/mol. The lowest BCUT2D eigenvalue weighted by Crippen LogP contribution is -2.37. The Bertz CT molecular complexity index is 600. The molecule has 6 heteroatoms. The summed E-state index contributed by atoms with van der Waals surface area (Å²) in [6.07, 6.45) is 0.646. The van der Waals surface area contributed by atoms with E-state index >= 15 is 0 Å². The molecule has 0 saturated heterocycles. The van der Waals surface area contributed by atoms with Gasteiger partial charge in [0.05, 0.1) is 5.92 Å². The first-order chi connectivity index (χ1) is 10.8. The number of Topliss-reactive ketones (excluding diaryl/α,β-unsaturated/α-hetero) is 1. The van der Waals surface area contributed by atoms with Gasteiger partial charge in [0, 0.05) is 23.0 Å². The number of carbonyl (C=O) groups excluding carboxylic acids is 3. The van der Waals surface area contributed by atoms with Gasteiger partial charge in [-0.3, -0.25) is 14.4 Å². The number of benzene rings is 1. The van der Waals surface area contributed by atoms with E-state index in [9.17, 15) is 14.4 Å². The molecule has 0 aliphatic carbocycles. The molecule has 0 aliphatic rings. The number of rotatable bonds is 8. The van der Waals surface area contributed by atoms with Crippen LogP contribution in [0.5, 0.6) is 0 Å². The van der Waals surface area contributed by atoms with Crippen LogP contribution in [0.1, 0.15) is 30.6 Å². The molecule has 0 aromatic heterocycles. The third-order valence-corrected chi connectivity index (χ3v) is 3.62. The summed E-state index contributed by atoms with van der Waals surface area (Å²) in [6, 6.07) is 6.96. The van der Waals surface area contributed by atoms with Crippen LogP contribution in [0.15, 0.2) is 41.4 Å². The van der Waals surface area contributed by atoms with Crippen molar-refractivity contribution >= 4 is 33.6 Å². The Balaban J connectivity index is 2.55. The molecule has 1 amide bonds. The number of halogens is 1. The van der Waals surface area contributed by atoms with Gasteiger partial charge < -0.3 is 10.1 Å². The highest BCUT2D eigenvalue weighted by atomic mass is 79.9. The van der Waals surface area contributed by atoms with Crippen LogP contribution in [0, 0.1) is 5.92 Å². The number of hydrogen-bond donors (Lipinski definition) is 1. The minimum absolute atomic E-state index is 0.0241. The molecule has 1 aromatic rings. The highest BCUT2D eigenvalue weighted by molar-refractivity contribution is 9.10. The van der Waals surface area contributed by atoms with Crippen molar-refractivity contribution in [1.82, 2.24) is 5.32 Å². The molecule has 2 atom stereocenters. The van der Waals surface area contributed by atoms with E-state index in [1.807, 2.05) is 6.07 Å². The van der Waals surface area contributed by atoms with Crippen molar-refractivity contribution in [3.8, 4) is 0 Å². The summed E-state index contributed by atoms with van der Waals surface area (Å²) in [5.74, 6) is -1.76. The Morgan fingerprint density at radius 2 is 2.04 bits per heavy atom. The molecule has 0 spiro atoms. The second-order valence-corrected chi connectivity index (χ2v) is 6.07. The van der Waals surface area contributed by atoms with Gasteiger partial charge in [0.15, 0.2) is 11.9 Å². The van der Waals surface area contributed by atoms with Crippen molar-refractivity contribution in [3.05, 3.63) is 47.0 Å². The van der Waals surface area contributed by atoms with Crippen molar-refractivity contribution in [2.75, 3.05) is 6.54 Å². The average Bonchev–Trinajstić information content (AvgIpc) is 2.52. The Labute approximate surface area is 144 Å². The molecule has 5 nitrogen and oxygen atoms in total. The standard InChI is InChI=1S/C17H20BrNO4/c1-4-8-19-16(21)12(3)23-17(22)11(2)9-15(20)13-6-5-7-14(18)10-13/h4-7,10-12H,1,8-9H2,2-3H3,(H,19,21)/t11-,12+/m0/s1. The van der Waals surface area contributed by atoms with Gasteiger partial charge in [0.1, 0.15) is 0 Å². The second kappa shape index (κ2) is 9.25. The SMILES string of the molecule is C=CCNC(=O)[C@@H](C)OC(=O)[C@@H](C)CC(=O)c1cccc(Br)c1. The summed E-state index contributed by atoms with van der Waals surface area (Å²) in [6.45, 7) is 6.88. The van der Waals surface area contributed by atoms with Crippen LogP contribution in [-0.2, 0) is 14.3 Å². The van der Waals surface area contributed by atoms with Crippen molar-refractivity contribution in [2.45, 2.75) is 26.4 Å². The third-order valence-electron chi connectivity index (χ3n) is 3.12. The van der Waals surface area contributed by atoms with Gasteiger partial charge in [-0.25, -0.2) is 0 Å². The molecule has 0 radical (unpaired) electrons. The van der Waals surface area contributed by atoms with E-state index in [4.69, 9.17) is 4.74 Å². The number of hydrogen-bond acceptors (Lipinski definition) is 4. The lowest BCUT2D eigenvalue weighted by atomic mass is 10.00. The monoisotopic (exact) mass is 381 g/mol. The topological polar surface area (TPSA) is 72.5 Å². The van der Waals surface area contributed by atoms with Crippen molar-refractivity contribution in [1.29, 1.82) is 0 Å². The smallest absolute Gasteiger partial charge is 0.309 e. The number of carbonyl (C=O) groups is 3. The molecule has 0 unspecified atom stereocenters. The summed E-state index contributed by atoms with van der Waals surface area (Å²) in [5.41, 5.74) is 0.524. The van der Waals surface area contributed by atoms with E-state index in [1.165, 1.54) is 13.0 Å². The number of amides is 1. The predicted molar refractivity (Wildman–Crippen MR) is 91.0 cm³/mol. The van der Waals surface area contributed by atoms with Gasteiger partial charge in [-0.1, -0.05) is 41.1 Å². The summed E-state index contributed by atoms with van der Waals surface area (Å²) in [4.78, 5) is 35.8. The van der Waals surface area contributed by atoms with Crippen LogP contribution >= 0.6 is 15.9 Å². The van der Waals surface area contributed by atoms with E-state index in [2.05, 4.69) is 27.8 Å². The molecule has 124 valence electrons. The Hall–Kier alpha value is -1.95. The first-order valence-electron chi connectivity index (χ1n) is 7.23. The molecule has 23 heavy (non-hydrogen) atoms. The first-order valence-corrected chi connectivity index (χ1v) is 8.02. The molecular weight excluding hydrogens is 362 g/mol. The summed E-state index contributed by atoms with van der Waals surface area (Å²) in [5, 5.41) is 2.54. The highest BCUT2D eigenvalue weighted by Gasteiger charge is 2.24. The largest absolute Gasteiger partial charge is 0.452 e. The van der Waals surface area contributed by atoms with Gasteiger partial charge in [-0.15, -0.1) is 6.58 Å². The Kier molecular flexibility index (Phi) is 7.68. The quantitative estimate of drug-likeness (QED) is 0.426. The minimum Gasteiger partial charge on any atom is -0.452 e. The van der Waals surface area contributed by atoms with E-state index in [0.717, 1.165) is 4.47 Å². The maximum absolute atomic E-state index is 12.2. The fourth-order valence-corrected chi connectivity index (χ4v) is 2.20. The number of esters is 1. The van der Waals surface area contributed by atoms with Crippen LogP contribution in [0.2, 0.25) is 0 Å². The normalized spacial score (nSPS) is 12.8. The zero-order valence-electron chi connectivity index (χ0n) is 13.2. The van der Waals surface area contributed by atoms with Crippen LogP contribution < -0.4 is 5.32 Å². The minimum atomic E-state index is -0.911. The van der Waals surface area contributed by atoms with E-state index < -0.39 is 23.9 Å². The maximum atomic E-state index is 12.2. The number of ketones is 1. The highest BCUT2D eigenvalue weighted by Crippen LogP contribution is 2.16. The first kappa shape index (κ1) is 19.1. The van der Waals surface area contributed by atoms with Gasteiger partial charge in [0.2, 0.25) is 0 Å². The van der Waals surface area contributed by atoms with Crippen molar-refractivity contribution < 1.29 is 19.1 Å². The zero-order valence-corrected chi connectivity index (χ0v) is 14.8. The zero-order chi connectivity index (χ0) is 17.4. The second-order valence-electron chi connectivity index (χ2n) is 5.15. The molecule has 0 saturated carbocycles. The predicted octanol–water partition coefficient (Wildman–Crippen LogP) is 2.89. The fraction of sp³-hybridized carbons (Fsp3) is 0.353. The third kappa shape index (κ3) is 6.36. The number of ether oxygens (including phenoxy) is 1. The molecule has 0 fully saturated rings. The molecule has 1 N–H and O–H groups in total. The van der Waals surface area contributed by atoms with Crippen LogP contribution in [-0.4, -0.2) is 30.3 Å². The van der Waals surface area contributed by atoms with Crippen molar-refractivity contribution in [2.24, 2.45) is 5.92 Å². The molecular formula is C17H20BrNO4. The molecule has 0 aliphatic heterocycles. The van der Waals surface area contributed by atoms with E-state index in [0.29, 0.717) is 12.1 Å². The Morgan fingerprint density at radius 3 is 2.65 bits per heavy atom. The molecule has 1 aromatic carbocycles. The summed E-state index contributed by atoms with van der Waals surface area (Å²) < 4.78 is 5.88.